The first-order valence-corrected chi connectivity index (χ1v) is 9.75. The van der Waals surface area contributed by atoms with Crippen LogP contribution in [0.1, 0.15) is 31.7 Å². The quantitative estimate of drug-likeness (QED) is 0.892. The summed E-state index contributed by atoms with van der Waals surface area (Å²) in [5, 5.41) is 7.79. The second kappa shape index (κ2) is 7.23. The second-order valence-corrected chi connectivity index (χ2v) is 7.90. The van der Waals surface area contributed by atoms with Gasteiger partial charge in [0.25, 0.3) is 0 Å². The number of carbonyl (C=O) groups is 1. The Hall–Kier alpha value is -2.14. The van der Waals surface area contributed by atoms with Gasteiger partial charge in [0, 0.05) is 36.4 Å². The van der Waals surface area contributed by atoms with Gasteiger partial charge in [-0.15, -0.1) is 0 Å². The summed E-state index contributed by atoms with van der Waals surface area (Å²) in [6.07, 6.45) is 4.94. The Kier molecular flexibility index (Phi) is 4.81. The number of benzene rings is 1. The van der Waals surface area contributed by atoms with Gasteiger partial charge in [-0.2, -0.15) is 0 Å². The Labute approximate surface area is 155 Å². The van der Waals surface area contributed by atoms with Crippen LogP contribution in [0.15, 0.2) is 30.5 Å². The normalized spacial score (nSPS) is 26.2. The molecule has 2 saturated heterocycles. The predicted molar refractivity (Wildman–Crippen MR) is 105 cm³/mol. The molecule has 1 aromatic carbocycles. The lowest BCUT2D eigenvalue weighted by Gasteiger charge is -2.39. The number of aryl methyl sites for hydroxylation is 1. The Morgan fingerprint density at radius 3 is 3.00 bits per heavy atom. The zero-order valence-electron chi connectivity index (χ0n) is 15.7. The van der Waals surface area contributed by atoms with E-state index in [9.17, 15) is 4.79 Å². The van der Waals surface area contributed by atoms with Gasteiger partial charge in [-0.05, 0) is 62.4 Å². The molecule has 2 fully saturated rings. The van der Waals surface area contributed by atoms with Crippen LogP contribution in [0.5, 0.6) is 0 Å². The molecule has 0 aliphatic carbocycles. The average molecular weight is 352 g/mol. The SMILES string of the molecule is Cc1ccc(N2C[C@@H](C)C[C@@H](NC(=O)C3CCCN3)C2)c2cccnc12. The van der Waals surface area contributed by atoms with E-state index in [0.29, 0.717) is 5.92 Å². The standard InChI is InChI=1S/C21H28N4O/c1-14-11-16(24-21(26)18-6-4-9-22-18)13-25(12-14)19-8-7-15(2)20-17(19)5-3-10-23-20/h3,5,7-8,10,14,16,18,22H,4,6,9,11-13H2,1-2H3,(H,24,26)/t14-,16+,18?/m0/s1. The van der Waals surface area contributed by atoms with Gasteiger partial charge < -0.3 is 15.5 Å². The Bertz CT molecular complexity index is 800. The van der Waals surface area contributed by atoms with Crippen LogP contribution >= 0.6 is 0 Å². The molecule has 4 rings (SSSR count). The topological polar surface area (TPSA) is 57.3 Å². The molecule has 1 aromatic heterocycles. The van der Waals surface area contributed by atoms with E-state index in [2.05, 4.69) is 52.6 Å². The minimum atomic E-state index is -0.00918. The summed E-state index contributed by atoms with van der Waals surface area (Å²) in [5.41, 5.74) is 3.49. The van der Waals surface area contributed by atoms with Crippen molar-refractivity contribution in [1.82, 2.24) is 15.6 Å². The molecule has 1 unspecified atom stereocenters. The molecule has 2 N–H and O–H groups in total. The summed E-state index contributed by atoms with van der Waals surface area (Å²) in [7, 11) is 0. The molecule has 2 aromatic rings. The van der Waals surface area contributed by atoms with E-state index in [4.69, 9.17) is 0 Å². The van der Waals surface area contributed by atoms with Gasteiger partial charge in [-0.1, -0.05) is 13.0 Å². The Balaban J connectivity index is 1.55. The fraction of sp³-hybridized carbons (Fsp3) is 0.524. The molecule has 0 saturated carbocycles. The Morgan fingerprint density at radius 2 is 2.19 bits per heavy atom. The molecule has 0 bridgehead atoms. The van der Waals surface area contributed by atoms with Crippen molar-refractivity contribution in [3.05, 3.63) is 36.0 Å². The number of carbonyl (C=O) groups excluding carboxylic acids is 1. The van der Waals surface area contributed by atoms with Gasteiger partial charge in [0.1, 0.15) is 0 Å². The molecule has 5 nitrogen and oxygen atoms in total. The number of nitrogens with one attached hydrogen (secondary N) is 2. The van der Waals surface area contributed by atoms with Crippen molar-refractivity contribution < 1.29 is 4.79 Å². The summed E-state index contributed by atoms with van der Waals surface area (Å²) >= 11 is 0. The lowest BCUT2D eigenvalue weighted by Crippen LogP contribution is -2.53. The Morgan fingerprint density at radius 1 is 1.31 bits per heavy atom. The lowest BCUT2D eigenvalue weighted by atomic mass is 9.94. The number of aromatic nitrogens is 1. The maximum Gasteiger partial charge on any atom is 0.237 e. The summed E-state index contributed by atoms with van der Waals surface area (Å²) in [6, 6.07) is 8.70. The number of anilines is 1. The molecule has 138 valence electrons. The van der Waals surface area contributed by atoms with Gasteiger partial charge >= 0.3 is 0 Å². The van der Waals surface area contributed by atoms with Gasteiger partial charge in [-0.25, -0.2) is 0 Å². The maximum absolute atomic E-state index is 12.5. The van der Waals surface area contributed by atoms with E-state index in [1.54, 1.807) is 0 Å². The predicted octanol–water partition coefficient (Wildman–Crippen LogP) is 2.63. The van der Waals surface area contributed by atoms with E-state index in [1.165, 1.54) is 16.6 Å². The van der Waals surface area contributed by atoms with Crippen molar-refractivity contribution in [1.29, 1.82) is 0 Å². The third-order valence-electron chi connectivity index (χ3n) is 5.67. The minimum absolute atomic E-state index is 0.00918. The highest BCUT2D eigenvalue weighted by Gasteiger charge is 2.30. The van der Waals surface area contributed by atoms with Crippen molar-refractivity contribution in [3.8, 4) is 0 Å². The minimum Gasteiger partial charge on any atom is -0.369 e. The van der Waals surface area contributed by atoms with Crippen molar-refractivity contribution in [2.75, 3.05) is 24.5 Å². The largest absolute Gasteiger partial charge is 0.369 e. The van der Waals surface area contributed by atoms with E-state index < -0.39 is 0 Å². The molecule has 2 aliphatic rings. The lowest BCUT2D eigenvalue weighted by molar-refractivity contribution is -0.123. The first-order chi connectivity index (χ1) is 12.6. The van der Waals surface area contributed by atoms with E-state index in [0.717, 1.165) is 44.4 Å². The highest BCUT2D eigenvalue weighted by molar-refractivity contribution is 5.93. The summed E-state index contributed by atoms with van der Waals surface area (Å²) in [5.74, 6) is 0.704. The second-order valence-electron chi connectivity index (χ2n) is 7.90. The molecular formula is C21H28N4O. The molecule has 26 heavy (non-hydrogen) atoms. The van der Waals surface area contributed by atoms with Crippen LogP contribution in [0.4, 0.5) is 5.69 Å². The molecule has 3 heterocycles. The molecule has 0 radical (unpaired) electrons. The number of pyridine rings is 1. The van der Waals surface area contributed by atoms with Crippen molar-refractivity contribution >= 4 is 22.5 Å². The van der Waals surface area contributed by atoms with Crippen LogP contribution in [-0.2, 0) is 4.79 Å². The highest BCUT2D eigenvalue weighted by Crippen LogP contribution is 2.31. The molecule has 3 atom stereocenters. The zero-order chi connectivity index (χ0) is 18.1. The number of rotatable bonds is 3. The number of nitrogens with zero attached hydrogens (tertiary/aromatic N) is 2. The van der Waals surface area contributed by atoms with Crippen LogP contribution in [0.3, 0.4) is 0 Å². The molecule has 0 spiro atoms. The first kappa shape index (κ1) is 17.3. The summed E-state index contributed by atoms with van der Waals surface area (Å²) in [4.78, 5) is 19.5. The van der Waals surface area contributed by atoms with Crippen molar-refractivity contribution in [3.63, 3.8) is 0 Å². The van der Waals surface area contributed by atoms with Crippen LogP contribution in [0, 0.1) is 12.8 Å². The maximum atomic E-state index is 12.5. The smallest absolute Gasteiger partial charge is 0.237 e. The number of fused-ring (bicyclic) bond motifs is 1. The number of amides is 1. The van der Waals surface area contributed by atoms with E-state index in [-0.39, 0.29) is 18.0 Å². The van der Waals surface area contributed by atoms with Crippen molar-refractivity contribution in [2.45, 2.75) is 45.2 Å². The van der Waals surface area contributed by atoms with Gasteiger partial charge in [0.15, 0.2) is 0 Å². The fourth-order valence-electron chi connectivity index (χ4n) is 4.44. The number of piperidine rings is 1. The van der Waals surface area contributed by atoms with Crippen LogP contribution in [0.2, 0.25) is 0 Å². The van der Waals surface area contributed by atoms with Crippen LogP contribution in [-0.4, -0.2) is 42.6 Å². The number of hydrogen-bond donors (Lipinski definition) is 2. The van der Waals surface area contributed by atoms with E-state index >= 15 is 0 Å². The average Bonchev–Trinajstić information content (AvgIpc) is 3.16. The van der Waals surface area contributed by atoms with Gasteiger partial charge in [0.05, 0.1) is 11.6 Å². The van der Waals surface area contributed by atoms with E-state index in [1.807, 2.05) is 12.3 Å². The third-order valence-corrected chi connectivity index (χ3v) is 5.67. The fourth-order valence-corrected chi connectivity index (χ4v) is 4.44. The molecule has 1 amide bonds. The first-order valence-electron chi connectivity index (χ1n) is 9.75. The molecule has 5 heteroatoms. The number of hydrogen-bond acceptors (Lipinski definition) is 4. The zero-order valence-corrected chi connectivity index (χ0v) is 15.7. The van der Waals surface area contributed by atoms with Gasteiger partial charge in [0.2, 0.25) is 5.91 Å². The molecule has 2 aliphatic heterocycles. The molecular weight excluding hydrogens is 324 g/mol. The van der Waals surface area contributed by atoms with Gasteiger partial charge in [-0.3, -0.25) is 9.78 Å². The van der Waals surface area contributed by atoms with Crippen LogP contribution in [0.25, 0.3) is 10.9 Å². The highest BCUT2D eigenvalue weighted by atomic mass is 16.2. The monoisotopic (exact) mass is 352 g/mol. The summed E-state index contributed by atoms with van der Waals surface area (Å²) in [6.45, 7) is 7.20. The summed E-state index contributed by atoms with van der Waals surface area (Å²) < 4.78 is 0. The van der Waals surface area contributed by atoms with Crippen LogP contribution < -0.4 is 15.5 Å². The third kappa shape index (κ3) is 3.40. The van der Waals surface area contributed by atoms with Crippen molar-refractivity contribution in [2.24, 2.45) is 5.92 Å².